The van der Waals surface area contributed by atoms with E-state index < -0.39 is 0 Å². The first-order chi connectivity index (χ1) is 14.7. The van der Waals surface area contributed by atoms with Crippen molar-refractivity contribution in [1.29, 1.82) is 0 Å². The summed E-state index contributed by atoms with van der Waals surface area (Å²) in [6.45, 7) is 8.83. The van der Waals surface area contributed by atoms with Gasteiger partial charge in [0.2, 0.25) is 0 Å². The van der Waals surface area contributed by atoms with E-state index in [0.29, 0.717) is 13.1 Å². The molecule has 7 heteroatoms. The van der Waals surface area contributed by atoms with Crippen molar-refractivity contribution in [3.8, 4) is 0 Å². The molecule has 0 atom stereocenters. The second-order valence-corrected chi connectivity index (χ2v) is 7.39. The number of nitrogens with one attached hydrogen (secondary N) is 1. The van der Waals surface area contributed by atoms with E-state index in [1.165, 1.54) is 0 Å². The minimum absolute atomic E-state index is 0.0621. The van der Waals surface area contributed by atoms with Crippen LogP contribution < -0.4 is 15.1 Å². The average molecular weight is 405 g/mol. The highest BCUT2D eigenvalue weighted by Crippen LogP contribution is 2.20. The molecule has 2 amide bonds. The number of fused-ring (bicyclic) bond motifs is 1. The Morgan fingerprint density at radius 1 is 0.933 bits per heavy atom. The molecular formula is C23H28N6O. The van der Waals surface area contributed by atoms with Crippen LogP contribution in [0.3, 0.4) is 0 Å². The van der Waals surface area contributed by atoms with E-state index >= 15 is 0 Å². The van der Waals surface area contributed by atoms with Crippen molar-refractivity contribution in [1.82, 2.24) is 15.1 Å². The van der Waals surface area contributed by atoms with Crippen LogP contribution in [-0.4, -0.2) is 60.4 Å². The van der Waals surface area contributed by atoms with E-state index in [2.05, 4.69) is 51.3 Å². The third-order valence-electron chi connectivity index (χ3n) is 5.62. The molecule has 1 N–H and O–H groups in total. The number of hydrogen-bond donors (Lipinski definition) is 1. The zero-order valence-electron chi connectivity index (χ0n) is 17.6. The summed E-state index contributed by atoms with van der Waals surface area (Å²) in [4.78, 5) is 18.9. The summed E-state index contributed by atoms with van der Waals surface area (Å²) in [5, 5.41) is 14.1. The van der Waals surface area contributed by atoms with Crippen molar-refractivity contribution in [2.75, 3.05) is 54.4 Å². The van der Waals surface area contributed by atoms with E-state index in [1.807, 2.05) is 47.4 Å². The minimum atomic E-state index is -0.0621. The van der Waals surface area contributed by atoms with Crippen LogP contribution in [0.4, 0.5) is 22.1 Å². The molecule has 0 saturated carbocycles. The molecule has 4 rings (SSSR count). The SMILES string of the molecule is CCN(CC)c1ccc(N2CCN(C(=O)Nc3ccc4ccccc4c3)CC2)nn1. The highest BCUT2D eigenvalue weighted by molar-refractivity contribution is 5.93. The molecule has 2 aromatic carbocycles. The first kappa shape index (κ1) is 19.9. The van der Waals surface area contributed by atoms with Gasteiger partial charge in [-0.05, 0) is 48.9 Å². The largest absolute Gasteiger partial charge is 0.356 e. The number of piperazine rings is 1. The van der Waals surface area contributed by atoms with Gasteiger partial charge in [-0.2, -0.15) is 0 Å². The van der Waals surface area contributed by atoms with Crippen LogP contribution in [0.2, 0.25) is 0 Å². The van der Waals surface area contributed by atoms with E-state index in [0.717, 1.165) is 54.3 Å². The van der Waals surface area contributed by atoms with Crippen LogP contribution in [0.1, 0.15) is 13.8 Å². The second-order valence-electron chi connectivity index (χ2n) is 7.39. The molecule has 1 aliphatic heterocycles. The van der Waals surface area contributed by atoms with Crippen molar-refractivity contribution in [3.05, 3.63) is 54.6 Å². The summed E-state index contributed by atoms with van der Waals surface area (Å²) in [5.74, 6) is 1.76. The quantitative estimate of drug-likeness (QED) is 0.700. The summed E-state index contributed by atoms with van der Waals surface area (Å²) in [6.07, 6.45) is 0. The summed E-state index contributed by atoms with van der Waals surface area (Å²) in [5.41, 5.74) is 0.819. The zero-order valence-corrected chi connectivity index (χ0v) is 17.6. The van der Waals surface area contributed by atoms with Gasteiger partial charge < -0.3 is 20.0 Å². The average Bonchev–Trinajstić information content (AvgIpc) is 2.80. The first-order valence-electron chi connectivity index (χ1n) is 10.6. The fourth-order valence-corrected chi connectivity index (χ4v) is 3.81. The van der Waals surface area contributed by atoms with Crippen molar-refractivity contribution in [2.24, 2.45) is 0 Å². The smallest absolute Gasteiger partial charge is 0.321 e. The molecular weight excluding hydrogens is 376 g/mol. The van der Waals surface area contributed by atoms with Crippen molar-refractivity contribution in [3.63, 3.8) is 0 Å². The summed E-state index contributed by atoms with van der Waals surface area (Å²) in [6, 6.07) is 18.1. The van der Waals surface area contributed by atoms with Crippen molar-refractivity contribution >= 4 is 34.1 Å². The molecule has 2 heterocycles. The lowest BCUT2D eigenvalue weighted by Crippen LogP contribution is -2.50. The number of carbonyl (C=O) groups excluding carboxylic acids is 1. The molecule has 1 saturated heterocycles. The number of aromatic nitrogens is 2. The van der Waals surface area contributed by atoms with Gasteiger partial charge in [-0.15, -0.1) is 10.2 Å². The van der Waals surface area contributed by atoms with Crippen LogP contribution in [0.15, 0.2) is 54.6 Å². The summed E-state index contributed by atoms with van der Waals surface area (Å²) < 4.78 is 0. The third kappa shape index (κ3) is 4.30. The van der Waals surface area contributed by atoms with Gasteiger partial charge in [0, 0.05) is 45.0 Å². The Kier molecular flexibility index (Phi) is 5.97. The number of anilines is 3. The van der Waals surface area contributed by atoms with Gasteiger partial charge in [-0.25, -0.2) is 4.79 Å². The Hall–Kier alpha value is -3.35. The van der Waals surface area contributed by atoms with Gasteiger partial charge in [-0.3, -0.25) is 0 Å². The summed E-state index contributed by atoms with van der Waals surface area (Å²) >= 11 is 0. The number of hydrogen-bond acceptors (Lipinski definition) is 5. The van der Waals surface area contributed by atoms with Crippen molar-refractivity contribution in [2.45, 2.75) is 13.8 Å². The van der Waals surface area contributed by atoms with Gasteiger partial charge in [-0.1, -0.05) is 30.3 Å². The molecule has 0 radical (unpaired) electrons. The topological polar surface area (TPSA) is 64.6 Å². The maximum Gasteiger partial charge on any atom is 0.321 e. The maximum absolute atomic E-state index is 12.7. The van der Waals surface area contributed by atoms with Crippen LogP contribution >= 0.6 is 0 Å². The highest BCUT2D eigenvalue weighted by Gasteiger charge is 2.22. The summed E-state index contributed by atoms with van der Waals surface area (Å²) in [7, 11) is 0. The van der Waals surface area contributed by atoms with Crippen LogP contribution in [-0.2, 0) is 0 Å². The van der Waals surface area contributed by atoms with E-state index in [4.69, 9.17) is 0 Å². The van der Waals surface area contributed by atoms with Crippen LogP contribution in [0.5, 0.6) is 0 Å². The van der Waals surface area contributed by atoms with Gasteiger partial charge in [0.05, 0.1) is 0 Å². The Morgan fingerprint density at radius 2 is 1.67 bits per heavy atom. The number of urea groups is 1. The predicted octanol–water partition coefficient (Wildman–Crippen LogP) is 3.83. The zero-order chi connectivity index (χ0) is 20.9. The monoisotopic (exact) mass is 404 g/mol. The fourth-order valence-electron chi connectivity index (χ4n) is 3.81. The molecule has 156 valence electrons. The van der Waals surface area contributed by atoms with E-state index in [9.17, 15) is 4.79 Å². The molecule has 7 nitrogen and oxygen atoms in total. The van der Waals surface area contributed by atoms with Crippen LogP contribution in [0, 0.1) is 0 Å². The lowest BCUT2D eigenvalue weighted by atomic mass is 10.1. The highest BCUT2D eigenvalue weighted by atomic mass is 16.2. The van der Waals surface area contributed by atoms with Crippen LogP contribution in [0.25, 0.3) is 10.8 Å². The molecule has 0 spiro atoms. The normalized spacial score (nSPS) is 14.1. The first-order valence-corrected chi connectivity index (χ1v) is 10.6. The van der Waals surface area contributed by atoms with Gasteiger partial charge in [0.25, 0.3) is 0 Å². The lowest BCUT2D eigenvalue weighted by Gasteiger charge is -2.35. The fraction of sp³-hybridized carbons (Fsp3) is 0.348. The standard InChI is InChI=1S/C23H28N6O/c1-3-27(4-2)21-11-12-22(26-25-21)28-13-15-29(16-14-28)23(30)24-20-10-9-18-7-5-6-8-19(18)17-20/h5-12,17H,3-4,13-16H2,1-2H3,(H,24,30). The molecule has 1 fully saturated rings. The predicted molar refractivity (Wildman–Crippen MR) is 122 cm³/mol. The molecule has 0 bridgehead atoms. The Bertz CT molecular complexity index is 994. The third-order valence-corrected chi connectivity index (χ3v) is 5.62. The van der Waals surface area contributed by atoms with Crippen molar-refractivity contribution < 1.29 is 4.79 Å². The number of amides is 2. The van der Waals surface area contributed by atoms with E-state index in [-0.39, 0.29) is 6.03 Å². The Morgan fingerprint density at radius 3 is 2.33 bits per heavy atom. The number of rotatable bonds is 5. The second kappa shape index (κ2) is 8.98. The van der Waals surface area contributed by atoms with Gasteiger partial charge >= 0.3 is 6.03 Å². The Labute approximate surface area is 177 Å². The lowest BCUT2D eigenvalue weighted by molar-refractivity contribution is 0.208. The maximum atomic E-state index is 12.7. The molecule has 3 aromatic rings. The number of nitrogens with zero attached hydrogens (tertiary/aromatic N) is 5. The molecule has 0 unspecified atom stereocenters. The molecule has 1 aromatic heterocycles. The van der Waals surface area contributed by atoms with E-state index in [1.54, 1.807) is 0 Å². The number of benzene rings is 2. The molecule has 30 heavy (non-hydrogen) atoms. The molecule has 0 aliphatic carbocycles. The minimum Gasteiger partial charge on any atom is -0.356 e. The molecule has 1 aliphatic rings. The van der Waals surface area contributed by atoms with Gasteiger partial charge in [0.15, 0.2) is 11.6 Å². The number of carbonyl (C=O) groups is 1. The Balaban J connectivity index is 1.33. The van der Waals surface area contributed by atoms with Gasteiger partial charge in [0.1, 0.15) is 0 Å².